The smallest absolute Gasteiger partial charge is 0.410 e. The largest absolute Gasteiger partial charge is 0.445 e. The van der Waals surface area contributed by atoms with Gasteiger partial charge in [0.25, 0.3) is 0 Å². The van der Waals surface area contributed by atoms with E-state index in [1.54, 1.807) is 0 Å². The highest BCUT2D eigenvalue weighted by molar-refractivity contribution is 5.85. The molecule has 1 aromatic heterocycles. The van der Waals surface area contributed by atoms with Crippen LogP contribution in [0.5, 0.6) is 0 Å². The number of nitrogens with one attached hydrogen (secondary N) is 1. The van der Waals surface area contributed by atoms with E-state index in [1.165, 1.54) is 10.9 Å². The lowest BCUT2D eigenvalue weighted by molar-refractivity contribution is -0.223. The van der Waals surface area contributed by atoms with Gasteiger partial charge in [0.15, 0.2) is 0 Å². The number of para-hydroxylation sites is 1. The standard InChI is InChI=1S/C30H36N2O5/c1-4-22-21(17-27(33)37-29(22)36-19(2)3)16-26-28-24(23-12-8-9-13-25(23)31-28)14-15-32(26)30(34)35-18-20-10-6-5-7-11-20/h5-13,19,21-22,26,29,31H,4,14-18H2,1-3H3/t21-,22?,26-,29?/m1/s1. The van der Waals surface area contributed by atoms with Gasteiger partial charge in [0.1, 0.15) is 6.61 Å². The lowest BCUT2D eigenvalue weighted by Crippen LogP contribution is -2.45. The van der Waals surface area contributed by atoms with Gasteiger partial charge < -0.3 is 19.2 Å². The minimum absolute atomic E-state index is 0.0155. The van der Waals surface area contributed by atoms with Gasteiger partial charge in [-0.05, 0) is 56.2 Å². The maximum absolute atomic E-state index is 13.4. The quantitative estimate of drug-likeness (QED) is 0.391. The molecule has 196 valence electrons. The molecular formula is C30H36N2O5. The number of ether oxygens (including phenoxy) is 3. The Hall–Kier alpha value is -3.32. The number of esters is 1. The summed E-state index contributed by atoms with van der Waals surface area (Å²) in [5, 5.41) is 1.19. The van der Waals surface area contributed by atoms with Gasteiger partial charge in [0, 0.05) is 35.5 Å². The second-order valence-corrected chi connectivity index (χ2v) is 10.4. The SMILES string of the molecule is CCC1C(OC(C)C)OC(=O)C[C@H]1C[C@@H]1c2[nH]c3ccccc3c2CCN1C(=O)OCc1ccccc1. The first-order chi connectivity index (χ1) is 17.9. The van der Waals surface area contributed by atoms with Gasteiger partial charge in [0.05, 0.1) is 12.1 Å². The van der Waals surface area contributed by atoms with Crippen LogP contribution in [0.1, 0.15) is 62.9 Å². The molecule has 37 heavy (non-hydrogen) atoms. The average molecular weight is 505 g/mol. The van der Waals surface area contributed by atoms with Gasteiger partial charge >= 0.3 is 12.1 Å². The van der Waals surface area contributed by atoms with E-state index in [2.05, 4.69) is 24.0 Å². The Kier molecular flexibility index (Phi) is 7.51. The van der Waals surface area contributed by atoms with Crippen LogP contribution in [0.2, 0.25) is 0 Å². The van der Waals surface area contributed by atoms with Gasteiger partial charge in [0.2, 0.25) is 6.29 Å². The number of aromatic amines is 1. The summed E-state index contributed by atoms with van der Waals surface area (Å²) < 4.78 is 17.4. The van der Waals surface area contributed by atoms with Crippen molar-refractivity contribution >= 4 is 23.0 Å². The number of amides is 1. The molecule has 2 aliphatic rings. The van der Waals surface area contributed by atoms with Crippen LogP contribution in [0.4, 0.5) is 4.79 Å². The predicted octanol–water partition coefficient (Wildman–Crippen LogP) is 6.13. The fourth-order valence-corrected chi connectivity index (χ4v) is 5.90. The number of H-pyrrole nitrogens is 1. The van der Waals surface area contributed by atoms with Gasteiger partial charge in [-0.3, -0.25) is 9.69 Å². The van der Waals surface area contributed by atoms with E-state index in [4.69, 9.17) is 14.2 Å². The second kappa shape index (κ2) is 11.0. The van der Waals surface area contributed by atoms with E-state index in [1.807, 2.05) is 61.2 Å². The maximum atomic E-state index is 13.4. The topological polar surface area (TPSA) is 80.9 Å². The molecule has 3 heterocycles. The van der Waals surface area contributed by atoms with Crippen LogP contribution in [0.15, 0.2) is 54.6 Å². The third-order valence-electron chi connectivity index (χ3n) is 7.63. The zero-order valence-electron chi connectivity index (χ0n) is 21.8. The molecule has 4 atom stereocenters. The Morgan fingerprint density at radius 2 is 1.89 bits per heavy atom. The first-order valence-corrected chi connectivity index (χ1v) is 13.4. The van der Waals surface area contributed by atoms with Crippen molar-refractivity contribution in [1.82, 2.24) is 9.88 Å². The fraction of sp³-hybridized carbons (Fsp3) is 0.467. The summed E-state index contributed by atoms with van der Waals surface area (Å²) in [5.74, 6) is -0.176. The monoisotopic (exact) mass is 504 g/mol. The first kappa shape index (κ1) is 25.3. The van der Waals surface area contributed by atoms with Crippen LogP contribution in [-0.2, 0) is 32.0 Å². The summed E-state index contributed by atoms with van der Waals surface area (Å²) in [6, 6.07) is 17.7. The number of aromatic nitrogens is 1. The highest BCUT2D eigenvalue weighted by Gasteiger charge is 2.43. The van der Waals surface area contributed by atoms with Crippen molar-refractivity contribution in [3.63, 3.8) is 0 Å². The van der Waals surface area contributed by atoms with Crippen LogP contribution < -0.4 is 0 Å². The molecule has 1 saturated heterocycles. The van der Waals surface area contributed by atoms with Crippen LogP contribution in [0.25, 0.3) is 10.9 Å². The van der Waals surface area contributed by atoms with Gasteiger partial charge in [-0.2, -0.15) is 0 Å². The molecule has 7 heteroatoms. The molecule has 2 aromatic carbocycles. The third-order valence-corrected chi connectivity index (χ3v) is 7.63. The van der Waals surface area contributed by atoms with E-state index >= 15 is 0 Å². The third kappa shape index (κ3) is 5.37. The van der Waals surface area contributed by atoms with Gasteiger partial charge in [-0.25, -0.2) is 4.79 Å². The molecule has 0 saturated carbocycles. The van der Waals surface area contributed by atoms with E-state index in [0.29, 0.717) is 19.4 Å². The Labute approximate surface area is 218 Å². The van der Waals surface area contributed by atoms with Gasteiger partial charge in [-0.15, -0.1) is 0 Å². The van der Waals surface area contributed by atoms with Crippen molar-refractivity contribution in [2.24, 2.45) is 11.8 Å². The number of nitrogens with zero attached hydrogens (tertiary/aromatic N) is 1. The summed E-state index contributed by atoms with van der Waals surface area (Å²) in [6.07, 6.45) is 1.56. The Morgan fingerprint density at radius 1 is 1.14 bits per heavy atom. The number of hydrogen-bond acceptors (Lipinski definition) is 5. The molecule has 7 nitrogen and oxygen atoms in total. The summed E-state index contributed by atoms with van der Waals surface area (Å²) in [6.45, 7) is 6.79. The maximum Gasteiger partial charge on any atom is 0.410 e. The molecule has 5 rings (SSSR count). The highest BCUT2D eigenvalue weighted by atomic mass is 16.7. The molecule has 1 fully saturated rings. The molecule has 1 amide bonds. The summed E-state index contributed by atoms with van der Waals surface area (Å²) in [5.41, 5.74) is 4.30. The average Bonchev–Trinajstić information content (AvgIpc) is 3.27. The molecule has 2 aliphatic heterocycles. The normalized spacial score (nSPS) is 23.7. The lowest BCUT2D eigenvalue weighted by Gasteiger charge is -2.42. The number of fused-ring (bicyclic) bond motifs is 3. The van der Waals surface area contributed by atoms with Gasteiger partial charge in [-0.1, -0.05) is 55.5 Å². The Bertz CT molecular complexity index is 1240. The minimum Gasteiger partial charge on any atom is -0.445 e. The fourth-order valence-electron chi connectivity index (χ4n) is 5.90. The van der Waals surface area contributed by atoms with Crippen molar-refractivity contribution in [3.05, 3.63) is 71.4 Å². The Morgan fingerprint density at radius 3 is 2.65 bits per heavy atom. The number of hydrogen-bond donors (Lipinski definition) is 1. The van der Waals surface area contributed by atoms with Crippen LogP contribution in [-0.4, -0.2) is 40.9 Å². The van der Waals surface area contributed by atoms with Crippen molar-refractivity contribution in [2.75, 3.05) is 6.54 Å². The van der Waals surface area contributed by atoms with Crippen molar-refractivity contribution < 1.29 is 23.8 Å². The van der Waals surface area contributed by atoms with Crippen LogP contribution >= 0.6 is 0 Å². The molecule has 3 aromatic rings. The molecule has 0 aliphatic carbocycles. The van der Waals surface area contributed by atoms with Crippen molar-refractivity contribution in [2.45, 2.75) is 71.5 Å². The van der Waals surface area contributed by atoms with E-state index < -0.39 is 6.29 Å². The molecule has 0 bridgehead atoms. The predicted molar refractivity (Wildman–Crippen MR) is 141 cm³/mol. The van der Waals surface area contributed by atoms with E-state index in [0.717, 1.165) is 29.6 Å². The summed E-state index contributed by atoms with van der Waals surface area (Å²) in [7, 11) is 0. The zero-order valence-corrected chi connectivity index (χ0v) is 21.8. The molecule has 0 spiro atoms. The second-order valence-electron chi connectivity index (χ2n) is 10.4. The van der Waals surface area contributed by atoms with E-state index in [-0.39, 0.29) is 42.7 Å². The molecular weight excluding hydrogens is 468 g/mol. The summed E-state index contributed by atoms with van der Waals surface area (Å²) in [4.78, 5) is 31.5. The molecule has 2 unspecified atom stereocenters. The number of benzene rings is 2. The molecule has 1 N–H and O–H groups in total. The van der Waals surface area contributed by atoms with E-state index in [9.17, 15) is 9.59 Å². The zero-order chi connectivity index (χ0) is 25.9. The van der Waals surface area contributed by atoms with Crippen LogP contribution in [0.3, 0.4) is 0 Å². The number of carbonyl (C=O) groups is 2. The number of carbonyl (C=O) groups excluding carboxylic acids is 2. The minimum atomic E-state index is -0.569. The van der Waals surface area contributed by atoms with Crippen molar-refractivity contribution in [1.29, 1.82) is 0 Å². The molecule has 0 radical (unpaired) electrons. The van der Waals surface area contributed by atoms with Crippen molar-refractivity contribution in [3.8, 4) is 0 Å². The Balaban J connectivity index is 1.45. The lowest BCUT2D eigenvalue weighted by atomic mass is 9.78. The number of rotatable bonds is 7. The highest BCUT2D eigenvalue weighted by Crippen LogP contribution is 2.43. The van der Waals surface area contributed by atoms with Crippen LogP contribution in [0, 0.1) is 11.8 Å². The first-order valence-electron chi connectivity index (χ1n) is 13.4. The summed E-state index contributed by atoms with van der Waals surface area (Å²) >= 11 is 0. The number of cyclic esters (lactones) is 1.